The van der Waals surface area contributed by atoms with Crippen LogP contribution in [0.2, 0.25) is 0 Å². The van der Waals surface area contributed by atoms with Crippen molar-refractivity contribution in [1.29, 1.82) is 0 Å². The monoisotopic (exact) mass is 175 g/mol. The van der Waals surface area contributed by atoms with E-state index in [2.05, 4.69) is 20.2 Å². The van der Waals surface area contributed by atoms with Gasteiger partial charge >= 0.3 is 0 Å². The summed E-state index contributed by atoms with van der Waals surface area (Å²) in [5, 5.41) is 9.00. The lowest BCUT2D eigenvalue weighted by Gasteiger charge is -1.89. The van der Waals surface area contributed by atoms with Crippen molar-refractivity contribution in [2.24, 2.45) is 5.11 Å². The lowest BCUT2D eigenvalue weighted by atomic mass is 10.2. The molecular weight excluding hydrogens is 170 g/mol. The number of aromatic nitrogens is 2. The van der Waals surface area contributed by atoms with Crippen molar-refractivity contribution in [2.75, 3.05) is 0 Å². The van der Waals surface area contributed by atoms with E-state index in [1.54, 1.807) is 12.1 Å². The Hall–Kier alpha value is -2.20. The second-order valence-electron chi connectivity index (χ2n) is 2.50. The maximum atomic E-state index is 11.1. The summed E-state index contributed by atoms with van der Waals surface area (Å²) < 4.78 is 0. The van der Waals surface area contributed by atoms with Crippen LogP contribution in [0.25, 0.3) is 21.3 Å². The summed E-state index contributed by atoms with van der Waals surface area (Å²) >= 11 is 0. The fraction of sp³-hybridized carbons (Fsp3) is 0. The molecule has 2 rings (SSSR count). The van der Waals surface area contributed by atoms with Gasteiger partial charge < -0.3 is 0 Å². The molecule has 0 bridgehead atoms. The number of rotatable bonds is 1. The molecule has 0 aliphatic carbocycles. The lowest BCUT2D eigenvalue weighted by molar-refractivity contribution is 1.08. The second-order valence-corrected chi connectivity index (χ2v) is 2.50. The molecule has 2 aromatic rings. The Labute approximate surface area is 71.8 Å². The van der Waals surface area contributed by atoms with E-state index >= 15 is 0 Å². The average molecular weight is 175 g/mol. The third kappa shape index (κ3) is 1.15. The molecular formula is C7H5N5O. The molecule has 0 atom stereocenters. The summed E-state index contributed by atoms with van der Waals surface area (Å²) in [6.45, 7) is 0. The third-order valence-corrected chi connectivity index (χ3v) is 1.72. The zero-order chi connectivity index (χ0) is 9.26. The van der Waals surface area contributed by atoms with Gasteiger partial charge in [0.2, 0.25) is 0 Å². The maximum absolute atomic E-state index is 11.1. The number of hydrogen-bond acceptors (Lipinski definition) is 2. The molecule has 13 heavy (non-hydrogen) atoms. The number of H-pyrrole nitrogens is 2. The van der Waals surface area contributed by atoms with Crippen molar-refractivity contribution < 1.29 is 0 Å². The van der Waals surface area contributed by atoms with Gasteiger partial charge in [0.1, 0.15) is 0 Å². The van der Waals surface area contributed by atoms with Crippen molar-refractivity contribution in [3.63, 3.8) is 0 Å². The lowest BCUT2D eigenvalue weighted by Crippen LogP contribution is -1.96. The molecule has 6 heteroatoms. The topological polar surface area (TPSA) is 97.4 Å². The molecule has 0 saturated heterocycles. The summed E-state index contributed by atoms with van der Waals surface area (Å²) in [4.78, 5) is 13.7. The molecule has 1 aromatic heterocycles. The zero-order valence-corrected chi connectivity index (χ0v) is 6.48. The molecule has 1 aromatic carbocycles. The Morgan fingerprint density at radius 1 is 1.38 bits per heavy atom. The predicted octanol–water partition coefficient (Wildman–Crippen LogP) is 1.80. The SMILES string of the molecule is [N-]=[N+]=Nc1ccc2[nH][nH]c(=O)c2c1. The van der Waals surface area contributed by atoms with E-state index in [1.165, 1.54) is 6.07 Å². The first-order valence-electron chi connectivity index (χ1n) is 3.57. The number of nitrogens with one attached hydrogen (secondary N) is 2. The quantitative estimate of drug-likeness (QED) is 0.385. The van der Waals surface area contributed by atoms with E-state index in [1.807, 2.05) is 0 Å². The third-order valence-electron chi connectivity index (χ3n) is 1.72. The smallest absolute Gasteiger partial charge is 0.271 e. The van der Waals surface area contributed by atoms with Gasteiger partial charge in [-0.05, 0) is 17.7 Å². The van der Waals surface area contributed by atoms with Crippen LogP contribution in [0.15, 0.2) is 28.1 Å². The van der Waals surface area contributed by atoms with Crippen LogP contribution in [0.5, 0.6) is 0 Å². The van der Waals surface area contributed by atoms with Crippen molar-refractivity contribution in [3.8, 4) is 0 Å². The fourth-order valence-electron chi connectivity index (χ4n) is 1.13. The molecule has 0 amide bonds. The van der Waals surface area contributed by atoms with Crippen molar-refractivity contribution in [3.05, 3.63) is 39.0 Å². The van der Waals surface area contributed by atoms with E-state index in [9.17, 15) is 4.79 Å². The van der Waals surface area contributed by atoms with Crippen LogP contribution in [0, 0.1) is 0 Å². The number of aromatic amines is 2. The Bertz CT molecular complexity index is 545. The number of nitrogens with zero attached hydrogens (tertiary/aromatic N) is 3. The standard InChI is InChI=1S/C7H5N5O/c8-12-9-4-1-2-6-5(3-4)7(13)11-10-6/h1-3H,(H2,10,11,13). The van der Waals surface area contributed by atoms with Crippen molar-refractivity contribution in [2.45, 2.75) is 0 Å². The number of fused-ring (bicyclic) bond motifs is 1. The molecule has 6 nitrogen and oxygen atoms in total. The molecule has 0 aliphatic heterocycles. The van der Waals surface area contributed by atoms with E-state index < -0.39 is 0 Å². The highest BCUT2D eigenvalue weighted by Gasteiger charge is 1.99. The van der Waals surface area contributed by atoms with E-state index in [4.69, 9.17) is 5.53 Å². The Morgan fingerprint density at radius 2 is 2.23 bits per heavy atom. The van der Waals surface area contributed by atoms with Gasteiger partial charge in [0.05, 0.1) is 10.9 Å². The van der Waals surface area contributed by atoms with Gasteiger partial charge in [0.15, 0.2) is 0 Å². The van der Waals surface area contributed by atoms with Gasteiger partial charge in [-0.3, -0.25) is 15.0 Å². The van der Waals surface area contributed by atoms with Gasteiger partial charge in [0.25, 0.3) is 5.56 Å². The van der Waals surface area contributed by atoms with E-state index in [-0.39, 0.29) is 5.56 Å². The molecule has 0 unspecified atom stereocenters. The van der Waals surface area contributed by atoms with Crippen LogP contribution in [-0.2, 0) is 0 Å². The first-order valence-corrected chi connectivity index (χ1v) is 3.57. The molecule has 0 aliphatic rings. The first kappa shape index (κ1) is 7.45. The van der Waals surface area contributed by atoms with Gasteiger partial charge in [-0.25, -0.2) is 0 Å². The Balaban J connectivity index is 2.79. The zero-order valence-electron chi connectivity index (χ0n) is 6.48. The predicted molar refractivity (Wildman–Crippen MR) is 47.7 cm³/mol. The molecule has 64 valence electrons. The van der Waals surface area contributed by atoms with Crippen molar-refractivity contribution >= 4 is 16.6 Å². The van der Waals surface area contributed by atoms with Crippen molar-refractivity contribution in [1.82, 2.24) is 10.2 Å². The fourth-order valence-corrected chi connectivity index (χ4v) is 1.13. The highest BCUT2D eigenvalue weighted by atomic mass is 16.1. The minimum Gasteiger partial charge on any atom is -0.298 e. The van der Waals surface area contributed by atoms with Gasteiger partial charge in [0, 0.05) is 10.6 Å². The van der Waals surface area contributed by atoms with Crippen LogP contribution in [-0.4, -0.2) is 10.2 Å². The summed E-state index contributed by atoms with van der Waals surface area (Å²) in [6, 6.07) is 4.84. The van der Waals surface area contributed by atoms with Gasteiger partial charge in [-0.15, -0.1) is 0 Å². The van der Waals surface area contributed by atoms with Crippen LogP contribution >= 0.6 is 0 Å². The van der Waals surface area contributed by atoms with Gasteiger partial charge in [-0.2, -0.15) is 0 Å². The molecule has 0 radical (unpaired) electrons. The Kier molecular flexibility index (Phi) is 1.54. The normalized spacial score (nSPS) is 9.85. The van der Waals surface area contributed by atoms with Crippen LogP contribution in [0.3, 0.4) is 0 Å². The molecule has 2 N–H and O–H groups in total. The summed E-state index contributed by atoms with van der Waals surface area (Å²) in [7, 11) is 0. The molecule has 1 heterocycles. The molecule has 0 spiro atoms. The minimum absolute atomic E-state index is 0.218. The first-order chi connectivity index (χ1) is 6.31. The van der Waals surface area contributed by atoms with E-state index in [0.29, 0.717) is 16.6 Å². The molecule has 0 fully saturated rings. The minimum atomic E-state index is -0.218. The molecule has 0 saturated carbocycles. The Morgan fingerprint density at radius 3 is 3.00 bits per heavy atom. The second kappa shape index (κ2) is 2.69. The van der Waals surface area contributed by atoms with Crippen LogP contribution < -0.4 is 5.56 Å². The number of benzene rings is 1. The van der Waals surface area contributed by atoms with Crippen LogP contribution in [0.1, 0.15) is 0 Å². The highest BCUT2D eigenvalue weighted by molar-refractivity contribution is 5.80. The van der Waals surface area contributed by atoms with Gasteiger partial charge in [-0.1, -0.05) is 11.2 Å². The number of azide groups is 1. The van der Waals surface area contributed by atoms with Crippen LogP contribution in [0.4, 0.5) is 5.69 Å². The summed E-state index contributed by atoms with van der Waals surface area (Å²) in [6.07, 6.45) is 0. The average Bonchev–Trinajstić information content (AvgIpc) is 2.49. The van der Waals surface area contributed by atoms with E-state index in [0.717, 1.165) is 0 Å². The highest BCUT2D eigenvalue weighted by Crippen LogP contribution is 2.16. The largest absolute Gasteiger partial charge is 0.298 e. The summed E-state index contributed by atoms with van der Waals surface area (Å²) in [5.74, 6) is 0. The number of hydrogen-bond donors (Lipinski definition) is 2. The summed E-state index contributed by atoms with van der Waals surface area (Å²) in [5.41, 5.74) is 9.09. The maximum Gasteiger partial charge on any atom is 0.271 e.